The number of amides is 1. The summed E-state index contributed by atoms with van der Waals surface area (Å²) in [6.07, 6.45) is 1.16. The van der Waals surface area contributed by atoms with Crippen molar-refractivity contribution in [3.05, 3.63) is 48.5 Å². The minimum atomic E-state index is -3.27. The Morgan fingerprint density at radius 3 is 2.48 bits per heavy atom. The Morgan fingerprint density at radius 2 is 1.84 bits per heavy atom. The Bertz CT molecular complexity index is 1020. The lowest BCUT2D eigenvalue weighted by molar-refractivity contribution is -0.121. The van der Waals surface area contributed by atoms with Gasteiger partial charge in [0.1, 0.15) is 12.4 Å². The van der Waals surface area contributed by atoms with Crippen LogP contribution in [0.2, 0.25) is 0 Å². The molecule has 1 aromatic heterocycles. The lowest BCUT2D eigenvalue weighted by atomic mass is 10.2. The summed E-state index contributed by atoms with van der Waals surface area (Å²) >= 11 is 0. The molecule has 8 heteroatoms. The Morgan fingerprint density at radius 1 is 1.16 bits per heavy atom. The average Bonchev–Trinajstić information content (AvgIpc) is 2.93. The zero-order valence-electron chi connectivity index (χ0n) is 13.6. The summed E-state index contributed by atoms with van der Waals surface area (Å²) in [6.45, 7) is 0.130. The quantitative estimate of drug-likeness (QED) is 0.665. The van der Waals surface area contributed by atoms with Gasteiger partial charge in [0, 0.05) is 11.8 Å². The number of imidazole rings is 1. The average molecular weight is 358 g/mol. The van der Waals surface area contributed by atoms with Gasteiger partial charge in [0.15, 0.2) is 9.84 Å². The summed E-state index contributed by atoms with van der Waals surface area (Å²) in [6, 6.07) is 13.9. The number of nitrogens with zero attached hydrogens (tertiary/aromatic N) is 2. The number of sulfone groups is 1. The molecule has 0 saturated carbocycles. The molecule has 0 unspecified atom stereocenters. The van der Waals surface area contributed by atoms with Crippen molar-refractivity contribution < 1.29 is 13.2 Å². The number of aromatic nitrogens is 2. The van der Waals surface area contributed by atoms with Gasteiger partial charge in [0.05, 0.1) is 22.6 Å². The van der Waals surface area contributed by atoms with Gasteiger partial charge in [0.2, 0.25) is 5.91 Å². The molecule has 25 heavy (non-hydrogen) atoms. The van der Waals surface area contributed by atoms with E-state index in [1.54, 1.807) is 16.7 Å². The number of hydrogen-bond donors (Lipinski definition) is 2. The summed E-state index contributed by atoms with van der Waals surface area (Å²) in [7, 11) is -3.27. The van der Waals surface area contributed by atoms with Crippen molar-refractivity contribution in [2.75, 3.05) is 12.9 Å². The number of para-hydroxylation sites is 2. The van der Waals surface area contributed by atoms with Crippen molar-refractivity contribution in [1.29, 1.82) is 0 Å². The van der Waals surface area contributed by atoms with Gasteiger partial charge in [-0.05, 0) is 36.4 Å². The van der Waals surface area contributed by atoms with Crippen LogP contribution in [-0.4, -0.2) is 36.8 Å². The molecule has 0 fully saturated rings. The predicted octanol–water partition coefficient (Wildman–Crippen LogP) is 1.14. The summed E-state index contributed by atoms with van der Waals surface area (Å²) in [4.78, 5) is 16.8. The van der Waals surface area contributed by atoms with Crippen LogP contribution in [0.3, 0.4) is 0 Å². The maximum absolute atomic E-state index is 12.0. The third kappa shape index (κ3) is 3.54. The molecule has 0 radical (unpaired) electrons. The molecule has 2 aromatic carbocycles. The molecule has 0 aliphatic heterocycles. The molecule has 1 heterocycles. The normalized spacial score (nSPS) is 11.6. The molecule has 0 aliphatic carbocycles. The van der Waals surface area contributed by atoms with Crippen molar-refractivity contribution in [1.82, 2.24) is 14.9 Å². The molecule has 0 spiro atoms. The molecular weight excluding hydrogens is 340 g/mol. The van der Waals surface area contributed by atoms with Gasteiger partial charge in [-0.2, -0.15) is 0 Å². The number of fused-ring (bicyclic) bond motifs is 1. The Hall–Kier alpha value is -2.71. The van der Waals surface area contributed by atoms with E-state index in [0.29, 0.717) is 5.82 Å². The van der Waals surface area contributed by atoms with Gasteiger partial charge in [-0.25, -0.2) is 13.4 Å². The fourth-order valence-corrected chi connectivity index (χ4v) is 3.25. The number of carbonyl (C=O) groups excluding carboxylic acids is 1. The van der Waals surface area contributed by atoms with E-state index < -0.39 is 9.84 Å². The van der Waals surface area contributed by atoms with Crippen molar-refractivity contribution in [2.24, 2.45) is 5.73 Å². The molecule has 7 nitrogen and oxygen atoms in total. The Balaban J connectivity index is 2.10. The van der Waals surface area contributed by atoms with Gasteiger partial charge in [-0.15, -0.1) is 0 Å². The van der Waals surface area contributed by atoms with Gasteiger partial charge >= 0.3 is 0 Å². The van der Waals surface area contributed by atoms with Crippen LogP contribution in [0.4, 0.5) is 0 Å². The monoisotopic (exact) mass is 358 g/mol. The molecule has 1 amide bonds. The van der Waals surface area contributed by atoms with Gasteiger partial charge in [0.25, 0.3) is 0 Å². The number of carbonyl (C=O) groups is 1. The summed E-state index contributed by atoms with van der Waals surface area (Å²) in [5, 5.41) is 2.57. The summed E-state index contributed by atoms with van der Waals surface area (Å²) in [5.74, 6) is 0.369. The zero-order chi connectivity index (χ0) is 18.0. The van der Waals surface area contributed by atoms with Gasteiger partial charge < -0.3 is 15.6 Å². The van der Waals surface area contributed by atoms with Crippen molar-refractivity contribution in [3.8, 4) is 11.4 Å². The summed E-state index contributed by atoms with van der Waals surface area (Å²) < 4.78 is 25.0. The Labute approximate surface area is 145 Å². The Kier molecular flexibility index (Phi) is 4.56. The lowest BCUT2D eigenvalue weighted by Crippen LogP contribution is -2.32. The SMILES string of the molecule is CS(=O)(=O)c1ccc(-c2nc3ccccc3n2CC(=O)NCN)cc1. The van der Waals surface area contributed by atoms with E-state index >= 15 is 0 Å². The van der Waals surface area contributed by atoms with E-state index in [4.69, 9.17) is 5.73 Å². The smallest absolute Gasteiger partial charge is 0.241 e. The lowest BCUT2D eigenvalue weighted by Gasteiger charge is -2.09. The highest BCUT2D eigenvalue weighted by Gasteiger charge is 2.15. The number of nitrogens with one attached hydrogen (secondary N) is 1. The summed E-state index contributed by atoms with van der Waals surface area (Å²) in [5.41, 5.74) is 7.66. The van der Waals surface area contributed by atoms with E-state index in [0.717, 1.165) is 22.9 Å². The van der Waals surface area contributed by atoms with E-state index in [-0.39, 0.29) is 24.0 Å². The van der Waals surface area contributed by atoms with Gasteiger partial charge in [-0.1, -0.05) is 12.1 Å². The highest BCUT2D eigenvalue weighted by atomic mass is 32.2. The number of benzene rings is 2. The van der Waals surface area contributed by atoms with Crippen LogP contribution < -0.4 is 11.1 Å². The standard InChI is InChI=1S/C17H18N4O3S/c1-25(23,24)13-8-6-12(7-9-13)17-20-14-4-2-3-5-15(14)21(17)10-16(22)19-11-18/h2-9H,10-11,18H2,1H3,(H,19,22). The van der Waals surface area contributed by atoms with Crippen LogP contribution in [0.1, 0.15) is 0 Å². The predicted molar refractivity (Wildman–Crippen MR) is 95.5 cm³/mol. The topological polar surface area (TPSA) is 107 Å². The molecule has 0 saturated heterocycles. The first-order chi connectivity index (χ1) is 11.9. The molecule has 0 atom stereocenters. The minimum Gasteiger partial charge on any atom is -0.342 e. The zero-order valence-corrected chi connectivity index (χ0v) is 14.5. The number of rotatable bonds is 5. The molecular formula is C17H18N4O3S. The van der Waals surface area contributed by atoms with Crippen molar-refractivity contribution in [2.45, 2.75) is 11.4 Å². The second-order valence-corrected chi connectivity index (χ2v) is 7.63. The molecule has 0 aliphatic rings. The van der Waals surface area contributed by atoms with Crippen LogP contribution >= 0.6 is 0 Å². The largest absolute Gasteiger partial charge is 0.342 e. The third-order valence-corrected chi connectivity index (χ3v) is 4.92. The second-order valence-electron chi connectivity index (χ2n) is 5.61. The minimum absolute atomic E-state index is 0.0594. The van der Waals surface area contributed by atoms with Crippen molar-refractivity contribution in [3.63, 3.8) is 0 Å². The first-order valence-corrected chi connectivity index (χ1v) is 9.52. The maximum Gasteiger partial charge on any atom is 0.241 e. The highest BCUT2D eigenvalue weighted by Crippen LogP contribution is 2.25. The fraction of sp³-hybridized carbons (Fsp3) is 0.176. The van der Waals surface area contributed by atoms with Crippen LogP contribution in [0.15, 0.2) is 53.4 Å². The second kappa shape index (κ2) is 6.66. The van der Waals surface area contributed by atoms with Crippen LogP contribution in [-0.2, 0) is 21.2 Å². The van der Waals surface area contributed by atoms with Crippen LogP contribution in [0.25, 0.3) is 22.4 Å². The third-order valence-electron chi connectivity index (χ3n) is 3.80. The molecule has 3 rings (SSSR count). The van der Waals surface area contributed by atoms with E-state index in [2.05, 4.69) is 10.3 Å². The van der Waals surface area contributed by atoms with E-state index in [1.807, 2.05) is 24.3 Å². The van der Waals surface area contributed by atoms with Crippen LogP contribution in [0.5, 0.6) is 0 Å². The first-order valence-electron chi connectivity index (χ1n) is 7.62. The van der Waals surface area contributed by atoms with E-state index in [1.165, 1.54) is 12.1 Å². The number of hydrogen-bond acceptors (Lipinski definition) is 5. The first kappa shape index (κ1) is 17.1. The molecule has 3 aromatic rings. The molecule has 0 bridgehead atoms. The number of nitrogens with two attached hydrogens (primary N) is 1. The molecule has 130 valence electrons. The van der Waals surface area contributed by atoms with Gasteiger partial charge in [-0.3, -0.25) is 4.79 Å². The fourth-order valence-electron chi connectivity index (χ4n) is 2.62. The van der Waals surface area contributed by atoms with E-state index in [9.17, 15) is 13.2 Å². The van der Waals surface area contributed by atoms with Crippen LogP contribution in [0, 0.1) is 0 Å². The highest BCUT2D eigenvalue weighted by molar-refractivity contribution is 7.90. The maximum atomic E-state index is 12.0. The van der Waals surface area contributed by atoms with Crippen molar-refractivity contribution >= 4 is 26.8 Å². The molecule has 3 N–H and O–H groups in total.